The minimum atomic E-state index is -0.756. The lowest BCUT2D eigenvalue weighted by Gasteiger charge is -2.28. The SMILES string of the molecule is CCC(CCNC(=O)NC(C)C(C)(C)C)CCC(=O)O. The number of aliphatic carboxylic acids is 1. The van der Waals surface area contributed by atoms with Crippen molar-refractivity contribution in [3.63, 3.8) is 0 Å². The van der Waals surface area contributed by atoms with Crippen LogP contribution in [0.5, 0.6) is 0 Å². The van der Waals surface area contributed by atoms with Crippen LogP contribution >= 0.6 is 0 Å². The third-order valence-electron chi connectivity index (χ3n) is 3.83. The summed E-state index contributed by atoms with van der Waals surface area (Å²) in [6, 6.07) is -0.0583. The summed E-state index contributed by atoms with van der Waals surface area (Å²) >= 11 is 0. The Labute approximate surface area is 122 Å². The molecule has 0 aromatic heterocycles. The smallest absolute Gasteiger partial charge is 0.315 e. The number of urea groups is 1. The van der Waals surface area contributed by atoms with Gasteiger partial charge in [0.15, 0.2) is 0 Å². The molecule has 2 unspecified atom stereocenters. The molecule has 0 aromatic carbocycles. The van der Waals surface area contributed by atoms with Gasteiger partial charge in [0.05, 0.1) is 0 Å². The van der Waals surface area contributed by atoms with Crippen LogP contribution in [0.2, 0.25) is 0 Å². The zero-order chi connectivity index (χ0) is 15.8. The van der Waals surface area contributed by atoms with Gasteiger partial charge in [0, 0.05) is 19.0 Å². The highest BCUT2D eigenvalue weighted by atomic mass is 16.4. The second-order valence-corrected chi connectivity index (χ2v) is 6.48. The fraction of sp³-hybridized carbons (Fsp3) is 0.867. The van der Waals surface area contributed by atoms with Crippen molar-refractivity contribution >= 4 is 12.0 Å². The average Bonchev–Trinajstić information content (AvgIpc) is 2.31. The van der Waals surface area contributed by atoms with E-state index in [-0.39, 0.29) is 23.9 Å². The number of carboxylic acids is 1. The van der Waals surface area contributed by atoms with Crippen molar-refractivity contribution in [3.8, 4) is 0 Å². The van der Waals surface area contributed by atoms with Crippen LogP contribution in [0.1, 0.15) is 60.3 Å². The molecule has 0 saturated carbocycles. The lowest BCUT2D eigenvalue weighted by molar-refractivity contribution is -0.137. The van der Waals surface area contributed by atoms with Gasteiger partial charge in [-0.25, -0.2) is 4.79 Å². The monoisotopic (exact) mass is 286 g/mol. The van der Waals surface area contributed by atoms with Crippen LogP contribution in [0, 0.1) is 11.3 Å². The van der Waals surface area contributed by atoms with E-state index >= 15 is 0 Å². The van der Waals surface area contributed by atoms with Crippen molar-refractivity contribution in [3.05, 3.63) is 0 Å². The topological polar surface area (TPSA) is 78.4 Å². The van der Waals surface area contributed by atoms with E-state index in [1.807, 2.05) is 13.8 Å². The average molecular weight is 286 g/mol. The van der Waals surface area contributed by atoms with Gasteiger partial charge in [0.2, 0.25) is 0 Å². The standard InChI is InChI=1S/C15H30N2O3/c1-6-12(7-8-13(18)19)9-10-16-14(20)17-11(2)15(3,4)5/h11-12H,6-10H2,1-5H3,(H,18,19)(H2,16,17,20). The van der Waals surface area contributed by atoms with Gasteiger partial charge in [-0.3, -0.25) is 4.79 Å². The van der Waals surface area contributed by atoms with Gasteiger partial charge < -0.3 is 15.7 Å². The number of carbonyl (C=O) groups is 2. The second-order valence-electron chi connectivity index (χ2n) is 6.48. The first kappa shape index (κ1) is 18.7. The summed E-state index contributed by atoms with van der Waals surface area (Å²) in [7, 11) is 0. The molecular weight excluding hydrogens is 256 g/mol. The highest BCUT2D eigenvalue weighted by Crippen LogP contribution is 2.18. The van der Waals surface area contributed by atoms with E-state index in [1.165, 1.54) is 0 Å². The van der Waals surface area contributed by atoms with Crippen molar-refractivity contribution < 1.29 is 14.7 Å². The molecule has 5 nitrogen and oxygen atoms in total. The number of carbonyl (C=O) groups excluding carboxylic acids is 1. The Kier molecular flexibility index (Phi) is 8.26. The predicted molar refractivity (Wildman–Crippen MR) is 80.7 cm³/mol. The normalized spacial score (nSPS) is 14.4. The van der Waals surface area contributed by atoms with Gasteiger partial charge in [-0.1, -0.05) is 34.1 Å². The minimum Gasteiger partial charge on any atom is -0.481 e. The van der Waals surface area contributed by atoms with Crippen LogP contribution in [-0.4, -0.2) is 29.7 Å². The summed E-state index contributed by atoms with van der Waals surface area (Å²) in [4.78, 5) is 22.3. The van der Waals surface area contributed by atoms with Gasteiger partial charge in [-0.15, -0.1) is 0 Å². The molecule has 0 aromatic rings. The van der Waals surface area contributed by atoms with Crippen LogP contribution in [0.3, 0.4) is 0 Å². The Balaban J connectivity index is 3.92. The van der Waals surface area contributed by atoms with Gasteiger partial charge >= 0.3 is 12.0 Å². The fourth-order valence-electron chi connectivity index (χ4n) is 1.73. The highest BCUT2D eigenvalue weighted by molar-refractivity contribution is 5.74. The van der Waals surface area contributed by atoms with Gasteiger partial charge in [0.25, 0.3) is 0 Å². The molecule has 5 heteroatoms. The summed E-state index contributed by atoms with van der Waals surface area (Å²) in [6.07, 6.45) is 2.63. The highest BCUT2D eigenvalue weighted by Gasteiger charge is 2.21. The maximum Gasteiger partial charge on any atom is 0.315 e. The largest absolute Gasteiger partial charge is 0.481 e. The third kappa shape index (κ3) is 8.77. The Hall–Kier alpha value is -1.26. The molecule has 0 aliphatic carbocycles. The van der Waals surface area contributed by atoms with E-state index in [0.29, 0.717) is 18.9 Å². The van der Waals surface area contributed by atoms with Crippen molar-refractivity contribution in [1.29, 1.82) is 0 Å². The molecule has 0 radical (unpaired) electrons. The Bertz CT molecular complexity index is 311. The van der Waals surface area contributed by atoms with Crippen molar-refractivity contribution in [2.45, 2.75) is 66.3 Å². The number of rotatable bonds is 8. The lowest BCUT2D eigenvalue weighted by Crippen LogP contribution is -2.46. The zero-order valence-corrected chi connectivity index (χ0v) is 13.5. The van der Waals surface area contributed by atoms with Crippen molar-refractivity contribution in [1.82, 2.24) is 10.6 Å². The molecule has 0 spiro atoms. The molecule has 0 heterocycles. The third-order valence-corrected chi connectivity index (χ3v) is 3.83. The van der Waals surface area contributed by atoms with E-state index in [4.69, 9.17) is 5.11 Å². The van der Waals surface area contributed by atoms with Crippen LogP contribution in [0.4, 0.5) is 4.79 Å². The van der Waals surface area contributed by atoms with Gasteiger partial charge in [-0.05, 0) is 31.1 Å². The Morgan fingerprint density at radius 2 is 1.80 bits per heavy atom. The van der Waals surface area contributed by atoms with E-state index in [1.54, 1.807) is 0 Å². The van der Waals surface area contributed by atoms with Crippen LogP contribution < -0.4 is 10.6 Å². The number of carboxylic acid groups (broad SMARTS) is 1. The fourth-order valence-corrected chi connectivity index (χ4v) is 1.73. The summed E-state index contributed by atoms with van der Waals surface area (Å²) in [5.74, 6) is -0.403. The van der Waals surface area contributed by atoms with Gasteiger partial charge in [-0.2, -0.15) is 0 Å². The molecule has 20 heavy (non-hydrogen) atoms. The maximum absolute atomic E-state index is 11.7. The van der Waals surface area contributed by atoms with Crippen LogP contribution in [-0.2, 0) is 4.79 Å². The first-order chi connectivity index (χ1) is 9.16. The van der Waals surface area contributed by atoms with E-state index in [9.17, 15) is 9.59 Å². The molecule has 118 valence electrons. The Morgan fingerprint density at radius 1 is 1.20 bits per heavy atom. The van der Waals surface area contributed by atoms with Gasteiger partial charge in [0.1, 0.15) is 0 Å². The molecule has 0 aliphatic heterocycles. The molecule has 2 amide bonds. The molecule has 0 aliphatic rings. The molecule has 0 fully saturated rings. The van der Waals surface area contributed by atoms with Crippen LogP contribution in [0.15, 0.2) is 0 Å². The van der Waals surface area contributed by atoms with E-state index < -0.39 is 5.97 Å². The number of hydrogen-bond acceptors (Lipinski definition) is 2. The summed E-state index contributed by atoms with van der Waals surface area (Å²) in [5.41, 5.74) is 0.0325. The second kappa shape index (κ2) is 8.82. The molecule has 3 N–H and O–H groups in total. The quantitative estimate of drug-likeness (QED) is 0.642. The van der Waals surface area contributed by atoms with Crippen LogP contribution in [0.25, 0.3) is 0 Å². The molecule has 2 atom stereocenters. The first-order valence-electron chi connectivity index (χ1n) is 7.43. The number of amides is 2. The van der Waals surface area contributed by atoms with E-state index in [0.717, 1.165) is 12.8 Å². The summed E-state index contributed by atoms with van der Waals surface area (Å²) < 4.78 is 0. The van der Waals surface area contributed by atoms with Crippen molar-refractivity contribution in [2.24, 2.45) is 11.3 Å². The van der Waals surface area contributed by atoms with E-state index in [2.05, 4.69) is 31.4 Å². The lowest BCUT2D eigenvalue weighted by atomic mass is 9.88. The zero-order valence-electron chi connectivity index (χ0n) is 13.5. The molecule has 0 saturated heterocycles. The number of hydrogen-bond donors (Lipinski definition) is 3. The van der Waals surface area contributed by atoms with Crippen molar-refractivity contribution in [2.75, 3.05) is 6.54 Å². The summed E-state index contributed by atoms with van der Waals surface area (Å²) in [5, 5.41) is 14.4. The Morgan fingerprint density at radius 3 is 2.25 bits per heavy atom. The maximum atomic E-state index is 11.7. The minimum absolute atomic E-state index is 0.0325. The summed E-state index contributed by atoms with van der Waals surface area (Å²) in [6.45, 7) is 10.9. The number of nitrogens with one attached hydrogen (secondary N) is 2. The molecule has 0 bridgehead atoms. The molecular formula is C15H30N2O3. The predicted octanol–water partition coefficient (Wildman–Crippen LogP) is 3.00. The molecule has 0 rings (SSSR count). The first-order valence-corrected chi connectivity index (χ1v) is 7.43.